The van der Waals surface area contributed by atoms with Crippen molar-refractivity contribution in [3.8, 4) is 0 Å². The summed E-state index contributed by atoms with van der Waals surface area (Å²) < 4.78 is 2.32. The molecule has 1 fully saturated rings. The SMILES string of the molecule is CC(C)CNCc1cncn1CC1CCN(C)C1. The summed E-state index contributed by atoms with van der Waals surface area (Å²) >= 11 is 0. The Morgan fingerprint density at radius 1 is 1.50 bits per heavy atom. The van der Waals surface area contributed by atoms with Crippen LogP contribution in [0.4, 0.5) is 0 Å². The lowest BCUT2D eigenvalue weighted by atomic mass is 10.1. The molecule has 102 valence electrons. The summed E-state index contributed by atoms with van der Waals surface area (Å²) in [7, 11) is 2.21. The van der Waals surface area contributed by atoms with Gasteiger partial charge in [0.25, 0.3) is 0 Å². The van der Waals surface area contributed by atoms with Gasteiger partial charge in [-0.2, -0.15) is 0 Å². The van der Waals surface area contributed by atoms with Crippen molar-refractivity contribution in [2.24, 2.45) is 11.8 Å². The van der Waals surface area contributed by atoms with Crippen LogP contribution >= 0.6 is 0 Å². The van der Waals surface area contributed by atoms with Gasteiger partial charge < -0.3 is 14.8 Å². The van der Waals surface area contributed by atoms with Crippen molar-refractivity contribution in [3.63, 3.8) is 0 Å². The highest BCUT2D eigenvalue weighted by atomic mass is 15.1. The van der Waals surface area contributed by atoms with Crippen LogP contribution in [0.15, 0.2) is 12.5 Å². The standard InChI is InChI=1S/C14H26N4/c1-12(2)6-15-7-14-8-16-11-18(14)10-13-4-5-17(3)9-13/h8,11-13,15H,4-7,9-10H2,1-3H3. The zero-order chi connectivity index (χ0) is 13.0. The molecule has 0 radical (unpaired) electrons. The van der Waals surface area contributed by atoms with E-state index in [9.17, 15) is 0 Å². The van der Waals surface area contributed by atoms with Crippen LogP contribution in [0.25, 0.3) is 0 Å². The van der Waals surface area contributed by atoms with Gasteiger partial charge in [0.2, 0.25) is 0 Å². The lowest BCUT2D eigenvalue weighted by Crippen LogP contribution is -2.22. The number of rotatable bonds is 6. The molecule has 1 aromatic rings. The maximum Gasteiger partial charge on any atom is 0.0948 e. The van der Waals surface area contributed by atoms with Crippen molar-refractivity contribution in [3.05, 3.63) is 18.2 Å². The molecular formula is C14H26N4. The molecule has 0 saturated carbocycles. The van der Waals surface area contributed by atoms with Gasteiger partial charge >= 0.3 is 0 Å². The Kier molecular flexibility index (Phi) is 4.78. The van der Waals surface area contributed by atoms with E-state index in [2.05, 4.69) is 40.7 Å². The third-order valence-electron chi connectivity index (χ3n) is 3.60. The first-order chi connectivity index (χ1) is 8.65. The van der Waals surface area contributed by atoms with Gasteiger partial charge in [-0.25, -0.2) is 4.98 Å². The highest BCUT2D eigenvalue weighted by molar-refractivity contribution is 4.98. The van der Waals surface area contributed by atoms with Gasteiger partial charge in [-0.15, -0.1) is 0 Å². The van der Waals surface area contributed by atoms with E-state index in [4.69, 9.17) is 0 Å². The second-order valence-corrected chi connectivity index (χ2v) is 5.98. The van der Waals surface area contributed by atoms with Gasteiger partial charge in [-0.3, -0.25) is 0 Å². The first-order valence-corrected chi connectivity index (χ1v) is 7.03. The highest BCUT2D eigenvalue weighted by Gasteiger charge is 2.20. The Labute approximate surface area is 110 Å². The maximum absolute atomic E-state index is 4.29. The zero-order valence-corrected chi connectivity index (χ0v) is 11.9. The Bertz CT molecular complexity index is 358. The van der Waals surface area contributed by atoms with Crippen LogP contribution in [0.3, 0.4) is 0 Å². The van der Waals surface area contributed by atoms with E-state index in [1.54, 1.807) is 0 Å². The summed E-state index contributed by atoms with van der Waals surface area (Å²) in [5, 5.41) is 3.49. The second-order valence-electron chi connectivity index (χ2n) is 5.98. The summed E-state index contributed by atoms with van der Waals surface area (Å²) in [5.74, 6) is 1.48. The van der Waals surface area contributed by atoms with Crippen molar-refractivity contribution in [2.45, 2.75) is 33.4 Å². The van der Waals surface area contributed by atoms with Crippen LogP contribution in [0.1, 0.15) is 26.0 Å². The fourth-order valence-corrected chi connectivity index (χ4v) is 2.60. The molecule has 1 saturated heterocycles. The third kappa shape index (κ3) is 3.82. The first kappa shape index (κ1) is 13.6. The normalized spacial score (nSPS) is 21.0. The van der Waals surface area contributed by atoms with E-state index >= 15 is 0 Å². The molecule has 4 heteroatoms. The summed E-state index contributed by atoms with van der Waals surface area (Å²) in [4.78, 5) is 6.71. The predicted molar refractivity (Wildman–Crippen MR) is 74.4 cm³/mol. The average molecular weight is 250 g/mol. The van der Waals surface area contributed by atoms with Crippen molar-refractivity contribution >= 4 is 0 Å². The minimum absolute atomic E-state index is 0.699. The molecule has 0 amide bonds. The van der Waals surface area contributed by atoms with Crippen LogP contribution in [-0.4, -0.2) is 41.1 Å². The highest BCUT2D eigenvalue weighted by Crippen LogP contribution is 2.17. The van der Waals surface area contributed by atoms with Crippen LogP contribution in [-0.2, 0) is 13.1 Å². The maximum atomic E-state index is 4.29. The molecule has 1 aromatic heterocycles. The van der Waals surface area contributed by atoms with Gasteiger partial charge in [-0.05, 0) is 38.4 Å². The van der Waals surface area contributed by atoms with Gasteiger partial charge in [-0.1, -0.05) is 13.8 Å². The van der Waals surface area contributed by atoms with Crippen molar-refractivity contribution in [1.29, 1.82) is 0 Å². The van der Waals surface area contributed by atoms with E-state index in [-0.39, 0.29) is 0 Å². The quantitative estimate of drug-likeness (QED) is 0.832. The first-order valence-electron chi connectivity index (χ1n) is 7.03. The van der Waals surface area contributed by atoms with Gasteiger partial charge in [0, 0.05) is 25.8 Å². The fraction of sp³-hybridized carbons (Fsp3) is 0.786. The summed E-state index contributed by atoms with van der Waals surface area (Å²) in [6.45, 7) is 10.0. The molecule has 0 bridgehead atoms. The van der Waals surface area contributed by atoms with Gasteiger partial charge in [0.05, 0.1) is 12.0 Å². The molecule has 0 spiro atoms. The largest absolute Gasteiger partial charge is 0.333 e. The summed E-state index contributed by atoms with van der Waals surface area (Å²) in [6, 6.07) is 0. The van der Waals surface area contributed by atoms with Gasteiger partial charge in [0.1, 0.15) is 0 Å². The lowest BCUT2D eigenvalue weighted by molar-refractivity contribution is 0.375. The molecule has 1 aliphatic rings. The fourth-order valence-electron chi connectivity index (χ4n) is 2.60. The van der Waals surface area contributed by atoms with Crippen LogP contribution in [0.2, 0.25) is 0 Å². The van der Waals surface area contributed by atoms with Crippen molar-refractivity contribution < 1.29 is 0 Å². The molecule has 1 N–H and O–H groups in total. The van der Waals surface area contributed by atoms with Crippen LogP contribution in [0.5, 0.6) is 0 Å². The Morgan fingerprint density at radius 2 is 2.33 bits per heavy atom. The van der Waals surface area contributed by atoms with Gasteiger partial charge in [0.15, 0.2) is 0 Å². The average Bonchev–Trinajstić information content (AvgIpc) is 2.89. The Morgan fingerprint density at radius 3 is 3.00 bits per heavy atom. The summed E-state index contributed by atoms with van der Waals surface area (Å²) in [6.07, 6.45) is 5.28. The van der Waals surface area contributed by atoms with E-state index < -0.39 is 0 Å². The Balaban J connectivity index is 1.83. The van der Waals surface area contributed by atoms with Crippen molar-refractivity contribution in [1.82, 2.24) is 19.8 Å². The predicted octanol–water partition coefficient (Wildman–Crippen LogP) is 1.58. The molecule has 1 atom stereocenters. The van der Waals surface area contributed by atoms with E-state index in [1.165, 1.54) is 25.2 Å². The van der Waals surface area contributed by atoms with E-state index in [0.29, 0.717) is 5.92 Å². The third-order valence-corrected chi connectivity index (χ3v) is 3.60. The number of aromatic nitrogens is 2. The van der Waals surface area contributed by atoms with E-state index in [0.717, 1.165) is 25.6 Å². The van der Waals surface area contributed by atoms with Crippen LogP contribution in [0, 0.1) is 11.8 Å². The van der Waals surface area contributed by atoms with E-state index in [1.807, 2.05) is 12.5 Å². The number of nitrogens with zero attached hydrogens (tertiary/aromatic N) is 3. The minimum Gasteiger partial charge on any atom is -0.333 e. The number of likely N-dealkylation sites (tertiary alicyclic amines) is 1. The van der Waals surface area contributed by atoms with Crippen molar-refractivity contribution in [2.75, 3.05) is 26.7 Å². The molecule has 4 nitrogen and oxygen atoms in total. The lowest BCUT2D eigenvalue weighted by Gasteiger charge is -2.14. The second kappa shape index (κ2) is 6.34. The molecule has 2 heterocycles. The Hall–Kier alpha value is -0.870. The molecule has 0 aliphatic carbocycles. The smallest absolute Gasteiger partial charge is 0.0948 e. The molecule has 1 unspecified atom stereocenters. The number of imidazole rings is 1. The molecule has 2 rings (SSSR count). The summed E-state index contributed by atoms with van der Waals surface area (Å²) in [5.41, 5.74) is 1.31. The zero-order valence-electron chi connectivity index (χ0n) is 11.9. The number of hydrogen-bond acceptors (Lipinski definition) is 3. The molecule has 18 heavy (non-hydrogen) atoms. The number of nitrogens with one attached hydrogen (secondary N) is 1. The van der Waals surface area contributed by atoms with Crippen LogP contribution < -0.4 is 5.32 Å². The minimum atomic E-state index is 0.699. The molecule has 1 aliphatic heterocycles. The monoisotopic (exact) mass is 250 g/mol. The topological polar surface area (TPSA) is 33.1 Å². The molecule has 0 aromatic carbocycles. The number of hydrogen-bond donors (Lipinski definition) is 1. The molecular weight excluding hydrogens is 224 g/mol.